The van der Waals surface area contributed by atoms with Gasteiger partial charge in [-0.3, -0.25) is 0 Å². The van der Waals surface area contributed by atoms with Crippen LogP contribution in [0, 0.1) is 0 Å². The maximum Gasteiger partial charge on any atom is 0.147 e. The van der Waals surface area contributed by atoms with Crippen LogP contribution < -0.4 is 0 Å². The molecule has 0 bridgehead atoms. The van der Waals surface area contributed by atoms with Crippen LogP contribution in [0.25, 0.3) is 0 Å². The van der Waals surface area contributed by atoms with Crippen molar-refractivity contribution >= 4 is 7.85 Å². The molecule has 4 atom stereocenters. The molecule has 4 nitrogen and oxygen atoms in total. The molecule has 0 N–H and O–H groups in total. The van der Waals surface area contributed by atoms with Gasteiger partial charge in [0, 0.05) is 12.4 Å². The van der Waals surface area contributed by atoms with E-state index in [4.69, 9.17) is 26.8 Å². The molecule has 1 spiro atoms. The highest BCUT2D eigenvalue weighted by atomic mass is 16.7. The van der Waals surface area contributed by atoms with Gasteiger partial charge >= 0.3 is 0 Å². The summed E-state index contributed by atoms with van der Waals surface area (Å²) in [6, 6.07) is -0.363. The number of ether oxygens (including phenoxy) is 4. The predicted molar refractivity (Wildman–Crippen MR) is 43.4 cm³/mol. The lowest BCUT2D eigenvalue weighted by Gasteiger charge is -2.45. The maximum atomic E-state index is 5.85. The van der Waals surface area contributed by atoms with E-state index in [9.17, 15) is 0 Å². The highest BCUT2D eigenvalue weighted by Crippen LogP contribution is 2.44. The van der Waals surface area contributed by atoms with Crippen LogP contribution in [0.15, 0.2) is 0 Å². The van der Waals surface area contributed by atoms with Gasteiger partial charge in [0.2, 0.25) is 0 Å². The molecule has 3 heterocycles. The maximum absolute atomic E-state index is 5.85. The van der Waals surface area contributed by atoms with Gasteiger partial charge in [-0.2, -0.15) is 0 Å². The predicted octanol–water partition coefficient (Wildman–Crippen LogP) is -0.588. The molecule has 3 fully saturated rings. The van der Waals surface area contributed by atoms with Gasteiger partial charge in [0.15, 0.2) is 0 Å². The van der Waals surface area contributed by atoms with Crippen LogP contribution in [0.1, 0.15) is 6.42 Å². The summed E-state index contributed by atoms with van der Waals surface area (Å²) >= 11 is 0. The van der Waals surface area contributed by atoms with E-state index < -0.39 is 0 Å². The molecule has 3 aliphatic heterocycles. The molecule has 0 aromatic carbocycles. The van der Waals surface area contributed by atoms with E-state index in [2.05, 4.69) is 0 Å². The van der Waals surface area contributed by atoms with Gasteiger partial charge in [-0.25, -0.2) is 0 Å². The van der Waals surface area contributed by atoms with Crippen LogP contribution in [0.5, 0.6) is 0 Å². The minimum absolute atomic E-state index is 0.0370. The second-order valence-electron chi connectivity index (χ2n) is 3.72. The molecule has 5 heteroatoms. The monoisotopic (exact) mass is 182 g/mol. The van der Waals surface area contributed by atoms with Crippen molar-refractivity contribution in [3.8, 4) is 0 Å². The van der Waals surface area contributed by atoms with Crippen molar-refractivity contribution in [2.75, 3.05) is 20.0 Å². The molecular formula is C8H11BO4. The summed E-state index contributed by atoms with van der Waals surface area (Å²) in [6.45, 7) is 1.64. The first-order valence-corrected chi connectivity index (χ1v) is 4.57. The van der Waals surface area contributed by atoms with Crippen molar-refractivity contribution in [3.05, 3.63) is 0 Å². The molecule has 3 aliphatic rings. The molecule has 0 amide bonds. The third kappa shape index (κ3) is 0.959. The Hall–Kier alpha value is -0.0951. The summed E-state index contributed by atoms with van der Waals surface area (Å²) in [5, 5.41) is 0. The molecule has 0 aliphatic carbocycles. The lowest BCUT2D eigenvalue weighted by Crippen LogP contribution is -2.60. The number of hydrogen-bond acceptors (Lipinski definition) is 4. The lowest BCUT2D eigenvalue weighted by atomic mass is 9.75. The Kier molecular flexibility index (Phi) is 1.71. The standard InChI is InChI=1S/C8H11BO4/c9-7-8(1-2-12-8)6-5(13-7)3-10-4-11-6/h5-7H,1-4H2/t5?,6-,7?,8-/m1/s1. The molecule has 3 rings (SSSR count). The molecule has 3 saturated heterocycles. The van der Waals surface area contributed by atoms with Gasteiger partial charge in [0.1, 0.15) is 32.4 Å². The Morgan fingerprint density at radius 3 is 2.92 bits per heavy atom. The average molecular weight is 182 g/mol. The molecule has 13 heavy (non-hydrogen) atoms. The van der Waals surface area contributed by atoms with Crippen LogP contribution in [0.2, 0.25) is 0 Å². The highest BCUT2D eigenvalue weighted by molar-refractivity contribution is 6.12. The Labute approximate surface area is 77.9 Å². The van der Waals surface area contributed by atoms with Crippen LogP contribution in [0.3, 0.4) is 0 Å². The summed E-state index contributed by atoms with van der Waals surface area (Å²) in [7, 11) is 5.85. The van der Waals surface area contributed by atoms with E-state index in [1.54, 1.807) is 0 Å². The first kappa shape index (κ1) is 8.23. The molecule has 2 radical (unpaired) electrons. The smallest absolute Gasteiger partial charge is 0.147 e. The van der Waals surface area contributed by atoms with Gasteiger partial charge in [0.05, 0.1) is 13.2 Å². The van der Waals surface area contributed by atoms with Crippen molar-refractivity contribution in [3.63, 3.8) is 0 Å². The second kappa shape index (κ2) is 2.70. The largest absolute Gasteiger partial charge is 0.376 e. The molecule has 70 valence electrons. The van der Waals surface area contributed by atoms with E-state index in [0.717, 1.165) is 13.0 Å². The number of hydrogen-bond donors (Lipinski definition) is 0. The van der Waals surface area contributed by atoms with Crippen molar-refractivity contribution in [2.45, 2.75) is 30.2 Å². The van der Waals surface area contributed by atoms with E-state index in [1.807, 2.05) is 0 Å². The highest BCUT2D eigenvalue weighted by Gasteiger charge is 2.60. The summed E-state index contributed by atoms with van der Waals surface area (Å²) in [5.74, 6) is 0. The first-order valence-electron chi connectivity index (χ1n) is 4.57. The topological polar surface area (TPSA) is 36.9 Å². The van der Waals surface area contributed by atoms with Crippen molar-refractivity contribution < 1.29 is 18.9 Å². The fourth-order valence-corrected chi connectivity index (χ4v) is 2.30. The summed E-state index contributed by atoms with van der Waals surface area (Å²) in [6.07, 6.45) is 0.837. The Balaban J connectivity index is 1.86. The van der Waals surface area contributed by atoms with Gasteiger partial charge in [0.25, 0.3) is 0 Å². The zero-order valence-corrected chi connectivity index (χ0v) is 7.27. The van der Waals surface area contributed by atoms with Crippen LogP contribution in [-0.2, 0) is 18.9 Å². The van der Waals surface area contributed by atoms with Crippen molar-refractivity contribution in [1.82, 2.24) is 0 Å². The minimum atomic E-state index is -0.381. The quantitative estimate of drug-likeness (QED) is 0.469. The van der Waals surface area contributed by atoms with Gasteiger partial charge in [-0.05, 0) is 0 Å². The second-order valence-corrected chi connectivity index (χ2v) is 3.72. The summed E-state index contributed by atoms with van der Waals surface area (Å²) in [4.78, 5) is 0. The zero-order chi connectivity index (χ0) is 8.89. The minimum Gasteiger partial charge on any atom is -0.376 e. The molecule has 0 saturated carbocycles. The molecule has 0 aromatic rings. The lowest BCUT2D eigenvalue weighted by molar-refractivity contribution is -0.246. The van der Waals surface area contributed by atoms with E-state index >= 15 is 0 Å². The van der Waals surface area contributed by atoms with Gasteiger partial charge < -0.3 is 18.9 Å². The molecular weight excluding hydrogens is 171 g/mol. The number of fused-ring (bicyclic) bond motifs is 2. The van der Waals surface area contributed by atoms with Crippen LogP contribution >= 0.6 is 0 Å². The zero-order valence-electron chi connectivity index (χ0n) is 7.27. The summed E-state index contributed by atoms with van der Waals surface area (Å²) in [5.41, 5.74) is -0.381. The van der Waals surface area contributed by atoms with E-state index in [0.29, 0.717) is 13.4 Å². The normalized spacial score (nSPS) is 54.6. The van der Waals surface area contributed by atoms with Gasteiger partial charge in [-0.15, -0.1) is 0 Å². The van der Waals surface area contributed by atoms with Crippen molar-refractivity contribution in [2.24, 2.45) is 0 Å². The Bertz CT molecular complexity index is 218. The third-order valence-electron chi connectivity index (χ3n) is 3.10. The van der Waals surface area contributed by atoms with Gasteiger partial charge in [-0.1, -0.05) is 0 Å². The third-order valence-corrected chi connectivity index (χ3v) is 3.10. The SMILES string of the molecule is [B]C1OC2COCO[C@H]2[C@]12CCO2. The fourth-order valence-electron chi connectivity index (χ4n) is 2.30. The molecule has 0 aromatic heterocycles. The van der Waals surface area contributed by atoms with Crippen molar-refractivity contribution in [1.29, 1.82) is 0 Å². The average Bonchev–Trinajstić information content (AvgIpc) is 2.35. The fraction of sp³-hybridized carbons (Fsp3) is 1.00. The Morgan fingerprint density at radius 1 is 1.38 bits per heavy atom. The number of rotatable bonds is 0. The van der Waals surface area contributed by atoms with Crippen LogP contribution in [0.4, 0.5) is 0 Å². The van der Waals surface area contributed by atoms with E-state index in [1.165, 1.54) is 0 Å². The summed E-state index contributed by atoms with van der Waals surface area (Å²) < 4.78 is 21.7. The molecule has 2 unspecified atom stereocenters. The van der Waals surface area contributed by atoms with Crippen LogP contribution in [-0.4, -0.2) is 51.7 Å². The van der Waals surface area contributed by atoms with E-state index in [-0.39, 0.29) is 23.8 Å². The Morgan fingerprint density at radius 2 is 2.23 bits per heavy atom. The first-order chi connectivity index (χ1) is 6.33.